The van der Waals surface area contributed by atoms with Gasteiger partial charge in [-0.1, -0.05) is 62.2 Å². The first-order valence-electron chi connectivity index (χ1n) is 10.0. The molecule has 160 valence electrons. The minimum Gasteiger partial charge on any atom is -0.368 e. The number of piperazine rings is 1. The molecule has 2 aromatic rings. The number of carbonyl (C=O) groups excluding carboxylic acids is 2. The van der Waals surface area contributed by atoms with Crippen LogP contribution < -0.4 is 10.2 Å². The summed E-state index contributed by atoms with van der Waals surface area (Å²) in [5.74, 6) is -0.293. The lowest BCUT2D eigenvalue weighted by atomic mass is 9.85. The predicted octanol–water partition coefficient (Wildman–Crippen LogP) is 4.49. The van der Waals surface area contributed by atoms with Crippen LogP contribution in [-0.4, -0.2) is 48.9 Å². The second-order valence-corrected chi connectivity index (χ2v) is 9.36. The number of carbonyl (C=O) groups is 2. The van der Waals surface area contributed by atoms with E-state index < -0.39 is 11.5 Å². The maximum Gasteiger partial charge on any atom is 0.251 e. The molecule has 1 heterocycles. The van der Waals surface area contributed by atoms with E-state index in [0.29, 0.717) is 41.8 Å². The molecule has 1 aliphatic rings. The summed E-state index contributed by atoms with van der Waals surface area (Å²) >= 11 is 12.1. The summed E-state index contributed by atoms with van der Waals surface area (Å²) in [5.41, 5.74) is 1.12. The van der Waals surface area contributed by atoms with Gasteiger partial charge >= 0.3 is 0 Å². The lowest BCUT2D eigenvalue weighted by Gasteiger charge is -2.40. The second kappa shape index (κ2) is 9.27. The van der Waals surface area contributed by atoms with Gasteiger partial charge in [0.15, 0.2) is 0 Å². The van der Waals surface area contributed by atoms with E-state index in [4.69, 9.17) is 23.2 Å². The maximum atomic E-state index is 13.3. The van der Waals surface area contributed by atoms with Crippen molar-refractivity contribution in [1.82, 2.24) is 10.2 Å². The van der Waals surface area contributed by atoms with Crippen molar-refractivity contribution in [2.45, 2.75) is 26.8 Å². The van der Waals surface area contributed by atoms with Crippen LogP contribution in [0.25, 0.3) is 0 Å². The van der Waals surface area contributed by atoms with Gasteiger partial charge in [-0.15, -0.1) is 0 Å². The summed E-state index contributed by atoms with van der Waals surface area (Å²) in [5, 5.41) is 3.99. The zero-order valence-electron chi connectivity index (χ0n) is 17.5. The van der Waals surface area contributed by atoms with Crippen LogP contribution in [0.15, 0.2) is 48.5 Å². The molecule has 0 spiro atoms. The van der Waals surface area contributed by atoms with Crippen molar-refractivity contribution in [3.8, 4) is 0 Å². The second-order valence-electron chi connectivity index (χ2n) is 8.55. The summed E-state index contributed by atoms with van der Waals surface area (Å²) in [6.45, 7) is 8.42. The van der Waals surface area contributed by atoms with Crippen LogP contribution in [0.1, 0.15) is 31.1 Å². The van der Waals surface area contributed by atoms with Crippen LogP contribution in [0.5, 0.6) is 0 Å². The number of rotatable bonds is 4. The summed E-state index contributed by atoms with van der Waals surface area (Å²) in [7, 11) is 0. The Hall–Kier alpha value is -2.24. The first kappa shape index (κ1) is 22.4. The Balaban J connectivity index is 1.67. The van der Waals surface area contributed by atoms with Crippen molar-refractivity contribution in [3.05, 3.63) is 64.1 Å². The third-order valence-electron chi connectivity index (χ3n) is 5.28. The molecule has 1 atom stereocenters. The van der Waals surface area contributed by atoms with E-state index in [1.807, 2.05) is 56.0 Å². The third kappa shape index (κ3) is 5.27. The predicted molar refractivity (Wildman–Crippen MR) is 122 cm³/mol. The van der Waals surface area contributed by atoms with Gasteiger partial charge in [0.1, 0.15) is 6.04 Å². The smallest absolute Gasteiger partial charge is 0.251 e. The highest BCUT2D eigenvalue weighted by Gasteiger charge is 2.36. The van der Waals surface area contributed by atoms with Crippen LogP contribution in [0.3, 0.4) is 0 Å². The lowest BCUT2D eigenvalue weighted by Crippen LogP contribution is -2.58. The molecule has 1 unspecified atom stereocenters. The summed E-state index contributed by atoms with van der Waals surface area (Å²) < 4.78 is 0. The van der Waals surface area contributed by atoms with Gasteiger partial charge in [0.05, 0.1) is 10.0 Å². The van der Waals surface area contributed by atoms with Gasteiger partial charge in [-0.2, -0.15) is 0 Å². The zero-order chi connectivity index (χ0) is 21.9. The highest BCUT2D eigenvalue weighted by molar-refractivity contribution is 6.42. The SMILES string of the molecule is CC(C)(C)C(NC(=O)c1ccccc1)C(=O)N1CCN(c2ccc(Cl)c(Cl)c2)CC1. The van der Waals surface area contributed by atoms with E-state index >= 15 is 0 Å². The maximum absolute atomic E-state index is 13.3. The quantitative estimate of drug-likeness (QED) is 0.750. The molecule has 0 aromatic heterocycles. The summed E-state index contributed by atoms with van der Waals surface area (Å²) in [6.07, 6.45) is 0. The van der Waals surface area contributed by atoms with Crippen molar-refractivity contribution < 1.29 is 9.59 Å². The molecular formula is C23H27Cl2N3O2. The zero-order valence-corrected chi connectivity index (χ0v) is 19.0. The molecule has 2 amide bonds. The van der Waals surface area contributed by atoms with Crippen LogP contribution in [0.4, 0.5) is 5.69 Å². The molecule has 0 aliphatic carbocycles. The molecule has 0 radical (unpaired) electrons. The number of halogens is 2. The Morgan fingerprint density at radius 1 is 0.933 bits per heavy atom. The molecule has 1 fully saturated rings. The van der Waals surface area contributed by atoms with E-state index in [1.54, 1.807) is 18.2 Å². The third-order valence-corrected chi connectivity index (χ3v) is 6.02. The summed E-state index contributed by atoms with van der Waals surface area (Å²) in [6, 6.07) is 13.9. The number of nitrogens with one attached hydrogen (secondary N) is 1. The fourth-order valence-corrected chi connectivity index (χ4v) is 3.79. The Morgan fingerprint density at radius 3 is 2.13 bits per heavy atom. The first-order valence-corrected chi connectivity index (χ1v) is 10.8. The van der Waals surface area contributed by atoms with E-state index in [-0.39, 0.29) is 11.8 Å². The number of hydrogen-bond acceptors (Lipinski definition) is 3. The van der Waals surface area contributed by atoms with Gasteiger partial charge in [-0.05, 0) is 35.7 Å². The number of benzene rings is 2. The van der Waals surface area contributed by atoms with Crippen LogP contribution in [0, 0.1) is 5.41 Å². The molecule has 1 N–H and O–H groups in total. The number of anilines is 1. The Labute approximate surface area is 187 Å². The van der Waals surface area contributed by atoms with Crippen molar-refractivity contribution >= 4 is 40.7 Å². The molecule has 7 heteroatoms. The number of hydrogen-bond donors (Lipinski definition) is 1. The molecule has 0 bridgehead atoms. The standard InChI is InChI=1S/C23H27Cl2N3O2/c1-23(2,3)20(26-21(29)16-7-5-4-6-8-16)22(30)28-13-11-27(12-14-28)17-9-10-18(24)19(25)15-17/h4-10,15,20H,11-14H2,1-3H3,(H,26,29). The number of nitrogens with zero attached hydrogens (tertiary/aromatic N) is 2. The van der Waals surface area contributed by atoms with Crippen LogP contribution in [0.2, 0.25) is 10.0 Å². The van der Waals surface area contributed by atoms with E-state index in [0.717, 1.165) is 5.69 Å². The largest absolute Gasteiger partial charge is 0.368 e. The Morgan fingerprint density at radius 2 is 1.57 bits per heavy atom. The normalized spacial score (nSPS) is 15.6. The molecule has 0 saturated carbocycles. The Bertz CT molecular complexity index is 904. The average Bonchev–Trinajstić information content (AvgIpc) is 2.73. The minimum atomic E-state index is -0.610. The molecule has 1 aliphatic heterocycles. The van der Waals surface area contributed by atoms with Gasteiger partial charge in [0, 0.05) is 37.4 Å². The Kier molecular flexibility index (Phi) is 6.94. The van der Waals surface area contributed by atoms with Crippen molar-refractivity contribution in [1.29, 1.82) is 0 Å². The highest BCUT2D eigenvalue weighted by atomic mass is 35.5. The molecule has 5 nitrogen and oxygen atoms in total. The van der Waals surface area contributed by atoms with E-state index in [1.165, 1.54) is 0 Å². The van der Waals surface area contributed by atoms with Crippen LogP contribution in [-0.2, 0) is 4.79 Å². The van der Waals surface area contributed by atoms with Crippen molar-refractivity contribution in [2.75, 3.05) is 31.1 Å². The monoisotopic (exact) mass is 447 g/mol. The fraction of sp³-hybridized carbons (Fsp3) is 0.391. The average molecular weight is 448 g/mol. The minimum absolute atomic E-state index is 0.0550. The fourth-order valence-electron chi connectivity index (χ4n) is 3.50. The van der Waals surface area contributed by atoms with Gasteiger partial charge in [0.25, 0.3) is 5.91 Å². The first-order chi connectivity index (χ1) is 14.2. The lowest BCUT2D eigenvalue weighted by molar-refractivity contribution is -0.136. The van der Waals surface area contributed by atoms with Crippen molar-refractivity contribution in [2.24, 2.45) is 5.41 Å². The van der Waals surface area contributed by atoms with Crippen molar-refractivity contribution in [3.63, 3.8) is 0 Å². The molecular weight excluding hydrogens is 421 g/mol. The molecule has 1 saturated heterocycles. The van der Waals surface area contributed by atoms with E-state index in [2.05, 4.69) is 10.2 Å². The van der Waals surface area contributed by atoms with Gasteiger partial charge in [-0.25, -0.2) is 0 Å². The topological polar surface area (TPSA) is 52.7 Å². The van der Waals surface area contributed by atoms with Gasteiger partial charge in [0.2, 0.25) is 5.91 Å². The van der Waals surface area contributed by atoms with Crippen LogP contribution >= 0.6 is 23.2 Å². The molecule has 3 rings (SSSR count). The number of amides is 2. The summed E-state index contributed by atoms with van der Waals surface area (Å²) in [4.78, 5) is 30.0. The van der Waals surface area contributed by atoms with Gasteiger partial charge in [-0.3, -0.25) is 9.59 Å². The highest BCUT2D eigenvalue weighted by Crippen LogP contribution is 2.28. The molecule has 30 heavy (non-hydrogen) atoms. The molecule has 2 aromatic carbocycles. The van der Waals surface area contributed by atoms with E-state index in [9.17, 15) is 9.59 Å². The van der Waals surface area contributed by atoms with Gasteiger partial charge < -0.3 is 15.1 Å².